The van der Waals surface area contributed by atoms with Crippen molar-refractivity contribution in [2.45, 2.75) is 0 Å². The summed E-state index contributed by atoms with van der Waals surface area (Å²) in [7, 11) is 1.57. The second kappa shape index (κ2) is 7.31. The normalized spacial score (nSPS) is 14.4. The third kappa shape index (κ3) is 3.77. The number of carbonyl (C=O) groups is 1. The maximum atomic E-state index is 14.1. The van der Waals surface area contributed by atoms with Crippen LogP contribution in [0.4, 0.5) is 25.8 Å². The van der Waals surface area contributed by atoms with Gasteiger partial charge in [0.1, 0.15) is 11.6 Å². The van der Waals surface area contributed by atoms with Gasteiger partial charge >= 0.3 is 0 Å². The number of anilines is 3. The highest BCUT2D eigenvalue weighted by Crippen LogP contribution is 2.32. The molecule has 5 nitrogen and oxygen atoms in total. The lowest BCUT2D eigenvalue weighted by atomic mass is 10.1. The van der Waals surface area contributed by atoms with E-state index in [1.54, 1.807) is 19.2 Å². The number of amides is 1. The number of nitrogens with one attached hydrogen (secondary N) is 3. The molecular formula is C18H17F2N3O2. The number of methoxy groups -OCH3 is 1. The molecule has 0 unspecified atom stereocenters. The first-order valence-electron chi connectivity index (χ1n) is 7.69. The van der Waals surface area contributed by atoms with Gasteiger partial charge in [-0.3, -0.25) is 4.79 Å². The topological polar surface area (TPSA) is 62.4 Å². The zero-order valence-corrected chi connectivity index (χ0v) is 13.5. The lowest BCUT2D eigenvalue weighted by Gasteiger charge is -2.09. The summed E-state index contributed by atoms with van der Waals surface area (Å²) < 4.78 is 32.4. The highest BCUT2D eigenvalue weighted by atomic mass is 19.1. The van der Waals surface area contributed by atoms with Gasteiger partial charge in [-0.2, -0.15) is 0 Å². The van der Waals surface area contributed by atoms with Crippen LogP contribution < -0.4 is 16.0 Å². The van der Waals surface area contributed by atoms with Crippen molar-refractivity contribution in [2.24, 2.45) is 0 Å². The molecule has 0 aliphatic carbocycles. The summed E-state index contributed by atoms with van der Waals surface area (Å²) >= 11 is 0. The fourth-order valence-electron chi connectivity index (χ4n) is 2.50. The quantitative estimate of drug-likeness (QED) is 0.554. The molecule has 1 amide bonds. The van der Waals surface area contributed by atoms with Crippen molar-refractivity contribution in [1.82, 2.24) is 0 Å². The molecular weight excluding hydrogens is 328 g/mol. The Bertz CT molecular complexity index is 837. The number of hydrogen-bond acceptors (Lipinski definition) is 4. The van der Waals surface area contributed by atoms with E-state index in [1.165, 1.54) is 30.5 Å². The van der Waals surface area contributed by atoms with E-state index in [2.05, 4.69) is 16.0 Å². The fraction of sp³-hybridized carbons (Fsp3) is 0.167. The third-order valence-electron chi connectivity index (χ3n) is 3.74. The minimum Gasteiger partial charge on any atom is -0.383 e. The number of hydrogen-bond donors (Lipinski definition) is 3. The largest absolute Gasteiger partial charge is 0.383 e. The number of ether oxygens (including phenoxy) is 1. The van der Waals surface area contributed by atoms with E-state index >= 15 is 0 Å². The third-order valence-corrected chi connectivity index (χ3v) is 3.74. The highest BCUT2D eigenvalue weighted by Gasteiger charge is 2.24. The molecule has 2 aromatic rings. The fourth-order valence-corrected chi connectivity index (χ4v) is 2.50. The van der Waals surface area contributed by atoms with Crippen LogP contribution >= 0.6 is 0 Å². The highest BCUT2D eigenvalue weighted by molar-refractivity contribution is 6.31. The van der Waals surface area contributed by atoms with Crippen molar-refractivity contribution in [2.75, 3.05) is 36.2 Å². The van der Waals surface area contributed by atoms with Crippen molar-refractivity contribution in [3.05, 3.63) is 59.8 Å². The Balaban J connectivity index is 1.75. The molecule has 25 heavy (non-hydrogen) atoms. The van der Waals surface area contributed by atoms with Crippen LogP contribution in [0.5, 0.6) is 0 Å². The van der Waals surface area contributed by atoms with E-state index in [-0.39, 0.29) is 11.5 Å². The molecule has 3 N–H and O–H groups in total. The number of benzene rings is 2. The molecule has 3 rings (SSSR count). The molecule has 0 radical (unpaired) electrons. The monoisotopic (exact) mass is 345 g/mol. The van der Waals surface area contributed by atoms with Crippen LogP contribution in [0, 0.1) is 11.6 Å². The van der Waals surface area contributed by atoms with Crippen LogP contribution in [0.25, 0.3) is 5.57 Å². The maximum Gasteiger partial charge on any atom is 0.257 e. The molecule has 2 aromatic carbocycles. The van der Waals surface area contributed by atoms with Gasteiger partial charge in [0, 0.05) is 36.8 Å². The molecule has 0 aromatic heterocycles. The van der Waals surface area contributed by atoms with Crippen molar-refractivity contribution >= 4 is 28.5 Å². The first-order chi connectivity index (χ1) is 12.1. The summed E-state index contributed by atoms with van der Waals surface area (Å²) in [5, 5.41) is 8.44. The van der Waals surface area contributed by atoms with E-state index in [0.29, 0.717) is 35.8 Å². The smallest absolute Gasteiger partial charge is 0.257 e. The van der Waals surface area contributed by atoms with Gasteiger partial charge in [-0.1, -0.05) is 0 Å². The van der Waals surface area contributed by atoms with Gasteiger partial charge in [0.05, 0.1) is 17.9 Å². The van der Waals surface area contributed by atoms with Gasteiger partial charge in [0.2, 0.25) is 0 Å². The summed E-state index contributed by atoms with van der Waals surface area (Å²) in [6.45, 7) is 0.962. The predicted molar refractivity (Wildman–Crippen MR) is 93.4 cm³/mol. The number of rotatable bonds is 6. The van der Waals surface area contributed by atoms with Gasteiger partial charge in [0.25, 0.3) is 5.91 Å². The van der Waals surface area contributed by atoms with E-state index in [0.717, 1.165) is 0 Å². The summed E-state index contributed by atoms with van der Waals surface area (Å²) in [4.78, 5) is 12.0. The Kier molecular flexibility index (Phi) is 4.95. The number of halogens is 2. The lowest BCUT2D eigenvalue weighted by Crippen LogP contribution is -2.09. The Morgan fingerprint density at radius 1 is 1.20 bits per heavy atom. The second-order valence-corrected chi connectivity index (χ2v) is 5.46. The zero-order chi connectivity index (χ0) is 17.8. The number of fused-ring (bicyclic) bond motifs is 1. The average Bonchev–Trinajstić information content (AvgIpc) is 2.89. The molecule has 0 bridgehead atoms. The Hall–Kier alpha value is -2.93. The molecule has 0 saturated carbocycles. The SMILES string of the molecule is COCCNc1ccc(NC=C2C(=O)Nc3ccc(F)cc32)cc1F. The molecule has 1 heterocycles. The molecule has 7 heteroatoms. The van der Waals surface area contributed by atoms with Crippen molar-refractivity contribution in [3.8, 4) is 0 Å². The van der Waals surface area contributed by atoms with E-state index < -0.39 is 11.6 Å². The zero-order valence-electron chi connectivity index (χ0n) is 13.5. The Labute approximate surface area is 143 Å². The van der Waals surface area contributed by atoms with E-state index in [1.807, 2.05) is 0 Å². The van der Waals surface area contributed by atoms with Crippen molar-refractivity contribution in [1.29, 1.82) is 0 Å². The predicted octanol–water partition coefficient (Wildman–Crippen LogP) is 3.43. The van der Waals surface area contributed by atoms with Crippen LogP contribution in [0.3, 0.4) is 0 Å². The molecule has 1 aliphatic heterocycles. The molecule has 0 atom stereocenters. The minimum atomic E-state index is -0.432. The average molecular weight is 345 g/mol. The second-order valence-electron chi connectivity index (χ2n) is 5.46. The molecule has 0 fully saturated rings. The Morgan fingerprint density at radius 2 is 2.04 bits per heavy atom. The van der Waals surface area contributed by atoms with E-state index in [4.69, 9.17) is 4.74 Å². The summed E-state index contributed by atoms with van der Waals surface area (Å²) in [6, 6.07) is 8.64. The standard InChI is InChI=1S/C18H17F2N3O2/c1-25-7-6-21-17-5-3-12(9-15(17)20)22-10-14-13-8-11(19)2-4-16(13)23-18(14)24/h2-5,8-10,21-22H,6-7H2,1H3,(H,23,24). The van der Waals surface area contributed by atoms with Crippen LogP contribution in [-0.2, 0) is 9.53 Å². The first kappa shape index (κ1) is 16.9. The summed E-state index contributed by atoms with van der Waals surface area (Å²) in [6.07, 6.45) is 1.44. The van der Waals surface area contributed by atoms with Crippen molar-refractivity contribution < 1.29 is 18.3 Å². The van der Waals surface area contributed by atoms with E-state index in [9.17, 15) is 13.6 Å². The maximum absolute atomic E-state index is 14.1. The summed E-state index contributed by atoms with van der Waals surface area (Å²) in [5.41, 5.74) is 2.14. The van der Waals surface area contributed by atoms with Crippen LogP contribution in [0.15, 0.2) is 42.6 Å². The van der Waals surface area contributed by atoms with Gasteiger partial charge in [0.15, 0.2) is 0 Å². The molecule has 130 valence electrons. The van der Waals surface area contributed by atoms with Crippen molar-refractivity contribution in [3.63, 3.8) is 0 Å². The van der Waals surface area contributed by atoms with Gasteiger partial charge < -0.3 is 20.7 Å². The number of carbonyl (C=O) groups excluding carboxylic acids is 1. The lowest BCUT2D eigenvalue weighted by molar-refractivity contribution is -0.110. The Morgan fingerprint density at radius 3 is 2.80 bits per heavy atom. The molecule has 0 saturated heterocycles. The minimum absolute atomic E-state index is 0.289. The van der Waals surface area contributed by atoms with Crippen LogP contribution in [-0.4, -0.2) is 26.2 Å². The van der Waals surface area contributed by atoms with Gasteiger partial charge in [-0.25, -0.2) is 8.78 Å². The van der Waals surface area contributed by atoms with Crippen LogP contribution in [0.2, 0.25) is 0 Å². The summed E-state index contributed by atoms with van der Waals surface area (Å²) in [5.74, 6) is -1.20. The van der Waals surface area contributed by atoms with Gasteiger partial charge in [-0.05, 0) is 36.4 Å². The van der Waals surface area contributed by atoms with Gasteiger partial charge in [-0.15, -0.1) is 0 Å². The van der Waals surface area contributed by atoms with Crippen LogP contribution in [0.1, 0.15) is 5.56 Å². The molecule has 1 aliphatic rings. The first-order valence-corrected chi connectivity index (χ1v) is 7.69. The molecule has 0 spiro atoms.